The second-order valence-corrected chi connectivity index (χ2v) is 8.76. The highest BCUT2D eigenvalue weighted by atomic mass is 32.2. The zero-order valence-corrected chi connectivity index (χ0v) is 18.2. The van der Waals surface area contributed by atoms with Crippen LogP contribution in [0.1, 0.15) is 34.5 Å². The van der Waals surface area contributed by atoms with Crippen molar-refractivity contribution in [3.63, 3.8) is 0 Å². The number of likely N-dealkylation sites (N-methyl/N-ethyl adjacent to an activating group) is 1. The summed E-state index contributed by atoms with van der Waals surface area (Å²) in [5.74, 6) is 1.69. The Labute approximate surface area is 181 Å². The lowest BCUT2D eigenvalue weighted by Crippen LogP contribution is -2.45. The summed E-state index contributed by atoms with van der Waals surface area (Å²) in [6.45, 7) is 0.580. The molecule has 1 saturated heterocycles. The van der Waals surface area contributed by atoms with Crippen molar-refractivity contribution in [3.05, 3.63) is 71.5 Å². The minimum atomic E-state index is -0.412. The summed E-state index contributed by atoms with van der Waals surface area (Å²) >= 11 is 1.76. The van der Waals surface area contributed by atoms with E-state index in [2.05, 4.69) is 12.1 Å². The predicted octanol–water partition coefficient (Wildman–Crippen LogP) is 4.56. The summed E-state index contributed by atoms with van der Waals surface area (Å²) in [6, 6.07) is 17.6. The van der Waals surface area contributed by atoms with Crippen molar-refractivity contribution in [2.75, 3.05) is 20.6 Å². The second-order valence-electron chi connectivity index (χ2n) is 7.77. The van der Waals surface area contributed by atoms with Crippen LogP contribution in [0.25, 0.3) is 11.0 Å². The summed E-state index contributed by atoms with van der Waals surface area (Å²) in [4.78, 5) is 29.3. The second kappa shape index (κ2) is 8.96. The third-order valence-electron chi connectivity index (χ3n) is 5.49. The van der Waals surface area contributed by atoms with E-state index in [9.17, 15) is 9.59 Å². The fourth-order valence-electron chi connectivity index (χ4n) is 3.96. The van der Waals surface area contributed by atoms with Crippen LogP contribution in [0.4, 0.5) is 0 Å². The topological polar surface area (TPSA) is 53.8 Å². The van der Waals surface area contributed by atoms with Crippen molar-refractivity contribution in [1.82, 2.24) is 9.80 Å². The molecule has 0 bridgehead atoms. The van der Waals surface area contributed by atoms with Gasteiger partial charge in [0.25, 0.3) is 5.91 Å². The molecule has 1 aliphatic rings. The standard InChI is InChI=1S/C24H26N2O3S/c1-25(2)23(27)20-12-8-14-26(20)24(28)22-19(18-11-6-7-13-21(18)29-22)16-30-15-17-9-4-3-5-10-17/h3-7,9-11,13,20H,8,12,14-16H2,1-2H3. The SMILES string of the molecule is CN(C)C(=O)C1CCCN1C(=O)c1oc2ccccc2c1CSCc1ccccc1. The number of carbonyl (C=O) groups excluding carboxylic acids is 2. The van der Waals surface area contributed by atoms with Gasteiger partial charge in [-0.25, -0.2) is 0 Å². The van der Waals surface area contributed by atoms with E-state index in [-0.39, 0.29) is 11.8 Å². The van der Waals surface area contributed by atoms with Gasteiger partial charge in [-0.3, -0.25) is 9.59 Å². The Morgan fingerprint density at radius 2 is 1.80 bits per heavy atom. The number of para-hydroxylation sites is 1. The van der Waals surface area contributed by atoms with Crippen LogP contribution < -0.4 is 0 Å². The first kappa shape index (κ1) is 20.5. The first-order valence-corrected chi connectivity index (χ1v) is 11.4. The summed E-state index contributed by atoms with van der Waals surface area (Å²) in [5, 5.41) is 0.969. The van der Waals surface area contributed by atoms with Crippen LogP contribution in [-0.4, -0.2) is 48.3 Å². The molecule has 0 spiro atoms. The van der Waals surface area contributed by atoms with Gasteiger partial charge in [0.05, 0.1) is 0 Å². The summed E-state index contributed by atoms with van der Waals surface area (Å²) < 4.78 is 6.04. The number of fused-ring (bicyclic) bond motifs is 1. The Bertz CT molecular complexity index is 1050. The Kier molecular flexibility index (Phi) is 6.13. The highest BCUT2D eigenvalue weighted by Gasteiger charge is 2.37. The number of hydrogen-bond acceptors (Lipinski definition) is 4. The highest BCUT2D eigenvalue weighted by Crippen LogP contribution is 2.33. The zero-order chi connectivity index (χ0) is 21.1. The van der Waals surface area contributed by atoms with Crippen LogP contribution in [0.5, 0.6) is 0 Å². The van der Waals surface area contributed by atoms with Gasteiger partial charge in [0.1, 0.15) is 11.6 Å². The number of nitrogens with zero attached hydrogens (tertiary/aromatic N) is 2. The average molecular weight is 423 g/mol. The molecule has 0 saturated carbocycles. The fourth-order valence-corrected chi connectivity index (χ4v) is 4.98. The minimum absolute atomic E-state index is 0.0306. The molecule has 2 amide bonds. The predicted molar refractivity (Wildman–Crippen MR) is 120 cm³/mol. The Balaban J connectivity index is 1.60. The third-order valence-corrected chi connectivity index (χ3v) is 6.52. The number of furan rings is 1. The van der Waals surface area contributed by atoms with E-state index in [1.807, 2.05) is 42.5 Å². The van der Waals surface area contributed by atoms with Crippen LogP contribution in [0.15, 0.2) is 59.0 Å². The van der Waals surface area contributed by atoms with E-state index < -0.39 is 6.04 Å². The molecule has 1 aliphatic heterocycles. The van der Waals surface area contributed by atoms with Crippen LogP contribution in [0.2, 0.25) is 0 Å². The lowest BCUT2D eigenvalue weighted by atomic mass is 10.1. The molecule has 4 rings (SSSR count). The van der Waals surface area contributed by atoms with Crippen molar-refractivity contribution in [3.8, 4) is 0 Å². The number of amides is 2. The molecule has 0 aliphatic carbocycles. The van der Waals surface area contributed by atoms with Crippen LogP contribution >= 0.6 is 11.8 Å². The maximum absolute atomic E-state index is 13.5. The molecule has 6 heteroatoms. The van der Waals surface area contributed by atoms with E-state index in [1.54, 1.807) is 35.7 Å². The van der Waals surface area contributed by atoms with Crippen LogP contribution in [0, 0.1) is 0 Å². The molecule has 3 aromatic rings. The van der Waals surface area contributed by atoms with Gasteiger partial charge in [0.2, 0.25) is 5.91 Å². The summed E-state index contributed by atoms with van der Waals surface area (Å²) in [6.07, 6.45) is 1.52. The quantitative estimate of drug-likeness (QED) is 0.584. The molecular weight excluding hydrogens is 396 g/mol. The molecule has 1 unspecified atom stereocenters. The van der Waals surface area contributed by atoms with Crippen molar-refractivity contribution < 1.29 is 14.0 Å². The number of thioether (sulfide) groups is 1. The molecule has 2 aromatic carbocycles. The average Bonchev–Trinajstić information content (AvgIpc) is 3.39. The molecule has 1 aromatic heterocycles. The highest BCUT2D eigenvalue weighted by molar-refractivity contribution is 7.97. The number of hydrogen-bond donors (Lipinski definition) is 0. The molecule has 5 nitrogen and oxygen atoms in total. The molecular formula is C24H26N2O3S. The Morgan fingerprint density at radius 1 is 1.07 bits per heavy atom. The largest absolute Gasteiger partial charge is 0.451 e. The van der Waals surface area contributed by atoms with Gasteiger partial charge in [0, 0.05) is 43.1 Å². The molecule has 1 fully saturated rings. The van der Waals surface area contributed by atoms with Crippen LogP contribution in [-0.2, 0) is 16.3 Å². The molecule has 156 valence electrons. The Hall–Kier alpha value is -2.73. The van der Waals surface area contributed by atoms with Crippen molar-refractivity contribution in [1.29, 1.82) is 0 Å². The van der Waals surface area contributed by atoms with Gasteiger partial charge in [-0.1, -0.05) is 48.5 Å². The molecule has 30 heavy (non-hydrogen) atoms. The number of benzene rings is 2. The molecule has 1 atom stereocenters. The Morgan fingerprint density at radius 3 is 2.57 bits per heavy atom. The summed E-state index contributed by atoms with van der Waals surface area (Å²) in [5.41, 5.74) is 2.88. The van der Waals surface area contributed by atoms with Gasteiger partial charge in [-0.2, -0.15) is 11.8 Å². The zero-order valence-electron chi connectivity index (χ0n) is 17.3. The van der Waals surface area contributed by atoms with Crippen molar-refractivity contribution in [2.45, 2.75) is 30.4 Å². The van der Waals surface area contributed by atoms with Gasteiger partial charge in [-0.15, -0.1) is 0 Å². The maximum atomic E-state index is 13.5. The molecule has 2 heterocycles. The lowest BCUT2D eigenvalue weighted by Gasteiger charge is -2.25. The monoisotopic (exact) mass is 422 g/mol. The normalized spacial score (nSPS) is 16.2. The number of carbonyl (C=O) groups is 2. The minimum Gasteiger partial charge on any atom is -0.451 e. The van der Waals surface area contributed by atoms with E-state index in [0.717, 1.165) is 23.1 Å². The van der Waals surface area contributed by atoms with Crippen LogP contribution in [0.3, 0.4) is 0 Å². The number of rotatable bonds is 6. The molecule has 0 radical (unpaired) electrons. The maximum Gasteiger partial charge on any atom is 0.290 e. The van der Waals surface area contributed by atoms with Gasteiger partial charge >= 0.3 is 0 Å². The van der Waals surface area contributed by atoms with Gasteiger partial charge < -0.3 is 14.2 Å². The first-order valence-electron chi connectivity index (χ1n) is 10.2. The first-order chi connectivity index (χ1) is 14.6. The fraction of sp³-hybridized carbons (Fsp3) is 0.333. The van der Waals surface area contributed by atoms with E-state index in [4.69, 9.17) is 4.42 Å². The van der Waals surface area contributed by atoms with Gasteiger partial charge in [0.15, 0.2) is 5.76 Å². The van der Waals surface area contributed by atoms with Crippen molar-refractivity contribution in [2.24, 2.45) is 0 Å². The van der Waals surface area contributed by atoms with Gasteiger partial charge in [-0.05, 0) is 24.5 Å². The van der Waals surface area contributed by atoms with E-state index >= 15 is 0 Å². The molecule has 0 N–H and O–H groups in total. The third kappa shape index (κ3) is 4.10. The van der Waals surface area contributed by atoms with E-state index in [0.29, 0.717) is 30.1 Å². The smallest absolute Gasteiger partial charge is 0.290 e. The number of likely N-dealkylation sites (tertiary alicyclic amines) is 1. The summed E-state index contributed by atoms with van der Waals surface area (Å²) in [7, 11) is 3.46. The van der Waals surface area contributed by atoms with E-state index in [1.165, 1.54) is 5.56 Å². The lowest BCUT2D eigenvalue weighted by molar-refractivity contribution is -0.132. The van der Waals surface area contributed by atoms with Crippen molar-refractivity contribution >= 4 is 34.5 Å².